The molecule has 4 unspecified atom stereocenters. The number of rotatable bonds is 6. The van der Waals surface area contributed by atoms with Crippen LogP contribution in [0, 0.1) is 12.8 Å². The number of carbonyl (C=O) groups is 1. The molecule has 2 aromatic rings. The van der Waals surface area contributed by atoms with Crippen LogP contribution in [-0.2, 0) is 0 Å². The van der Waals surface area contributed by atoms with Crippen molar-refractivity contribution >= 4 is 5.78 Å². The summed E-state index contributed by atoms with van der Waals surface area (Å²) in [5, 5.41) is 0. The zero-order valence-electron chi connectivity index (χ0n) is 22.1. The van der Waals surface area contributed by atoms with Gasteiger partial charge < -0.3 is 4.90 Å². The van der Waals surface area contributed by atoms with Gasteiger partial charge in [-0.25, -0.2) is 0 Å². The number of hydrogen-bond acceptors (Lipinski definition) is 3. The van der Waals surface area contributed by atoms with Crippen LogP contribution >= 0.6 is 0 Å². The summed E-state index contributed by atoms with van der Waals surface area (Å²) < 4.78 is 0. The molecule has 2 aromatic carbocycles. The Hall–Kier alpha value is -3.13. The van der Waals surface area contributed by atoms with E-state index in [2.05, 4.69) is 91.4 Å². The Kier molecular flexibility index (Phi) is 6.88. The number of carbonyl (C=O) groups excluding carboxylic acids is 1. The number of aryl methyl sites for hydroxylation is 1. The molecule has 188 valence electrons. The summed E-state index contributed by atoms with van der Waals surface area (Å²) in [6.45, 7) is 14.4. The van der Waals surface area contributed by atoms with E-state index < -0.39 is 0 Å². The predicted molar refractivity (Wildman–Crippen MR) is 150 cm³/mol. The van der Waals surface area contributed by atoms with Crippen LogP contribution in [0.2, 0.25) is 0 Å². The third-order valence-corrected chi connectivity index (χ3v) is 8.22. The zero-order chi connectivity index (χ0) is 25.4. The number of ketones is 1. The van der Waals surface area contributed by atoms with Crippen LogP contribution in [0.5, 0.6) is 0 Å². The number of nitrogens with zero attached hydrogens (tertiary/aromatic N) is 2. The highest BCUT2D eigenvalue weighted by molar-refractivity contribution is 5.95. The van der Waals surface area contributed by atoms with E-state index in [1.807, 2.05) is 12.1 Å². The van der Waals surface area contributed by atoms with Gasteiger partial charge in [0.05, 0.1) is 11.7 Å². The molecule has 2 bridgehead atoms. The van der Waals surface area contributed by atoms with Crippen molar-refractivity contribution < 1.29 is 6.22 Å². The van der Waals surface area contributed by atoms with Crippen molar-refractivity contribution in [3.63, 3.8) is 0 Å². The Labute approximate surface area is 218 Å². The quantitative estimate of drug-likeness (QED) is 0.321. The molecule has 0 radical (unpaired) electrons. The number of Topliss-reactive ketones (excluding diaryl/α,β-unsaturated/α-hetero) is 1. The highest BCUT2D eigenvalue weighted by atomic mass is 16.1. The lowest BCUT2D eigenvalue weighted by atomic mass is 9.87. The van der Waals surface area contributed by atoms with Crippen molar-refractivity contribution in [3.8, 4) is 0 Å². The maximum absolute atomic E-state index is 12.7. The van der Waals surface area contributed by atoms with Gasteiger partial charge in [-0.1, -0.05) is 79.8 Å². The van der Waals surface area contributed by atoms with E-state index in [1.165, 1.54) is 35.1 Å². The maximum Gasteiger partial charge on any atom is 0.160 e. The molecule has 3 nitrogen and oxygen atoms in total. The number of likely N-dealkylation sites (tertiary alicyclic amines) is 1. The minimum absolute atomic E-state index is 0. The Balaban J connectivity index is 0.00000320. The third kappa shape index (κ3) is 4.54. The summed E-state index contributed by atoms with van der Waals surface area (Å²) in [5.41, 5.74) is 11.7. The average molecular weight is 481 g/mol. The highest BCUT2D eigenvalue weighted by Gasteiger charge is 2.45. The molecule has 1 aliphatic carbocycles. The fourth-order valence-electron chi connectivity index (χ4n) is 6.77. The molecule has 2 saturated heterocycles. The summed E-state index contributed by atoms with van der Waals surface area (Å²) in [6.07, 6.45) is 8.16. The van der Waals surface area contributed by atoms with Gasteiger partial charge in [-0.3, -0.25) is 9.69 Å². The standard InChI is InChI=1S/C33H38N2O.H2/c1-6-32(26-18-22(2)17-23(3)19-26)34-20-27-15-16-28(21-34)35(27)33(29-12-8-7-11-24(29)4)31-14-10-9-13-30(31)25(5)36;/h7-14,18-19,22,27-28,33H,1,15-17,20-21H2,2-5H3;1H. The molecule has 0 spiro atoms. The van der Waals surface area contributed by atoms with Gasteiger partial charge in [-0.2, -0.15) is 0 Å². The minimum Gasteiger partial charge on any atom is -0.362 e. The van der Waals surface area contributed by atoms with Crippen LogP contribution in [0.15, 0.2) is 89.8 Å². The lowest BCUT2D eigenvalue weighted by Gasteiger charge is -2.47. The maximum atomic E-state index is 12.7. The SMILES string of the molecule is C=C=C(C1=CC(C)CC(C)=C1)N1CC2CCC(C1)N2C(c1ccccc1C)c1ccccc1C(C)=O.[HH]. The molecule has 2 heterocycles. The van der Waals surface area contributed by atoms with E-state index in [0.29, 0.717) is 18.0 Å². The van der Waals surface area contributed by atoms with Gasteiger partial charge in [0.25, 0.3) is 0 Å². The Morgan fingerprint density at radius 2 is 1.67 bits per heavy atom. The van der Waals surface area contributed by atoms with Gasteiger partial charge in [0.2, 0.25) is 0 Å². The average Bonchev–Trinajstić information content (AvgIpc) is 3.09. The first-order valence-corrected chi connectivity index (χ1v) is 13.3. The fraction of sp³-hybridized carbons (Fsp3) is 0.394. The molecule has 0 N–H and O–H groups in total. The largest absolute Gasteiger partial charge is 0.362 e. The monoisotopic (exact) mass is 480 g/mol. The van der Waals surface area contributed by atoms with Crippen molar-refractivity contribution in [3.05, 3.63) is 112 Å². The van der Waals surface area contributed by atoms with Crippen LogP contribution < -0.4 is 0 Å². The lowest BCUT2D eigenvalue weighted by Crippen LogP contribution is -2.54. The van der Waals surface area contributed by atoms with Gasteiger partial charge in [-0.15, -0.1) is 5.73 Å². The van der Waals surface area contributed by atoms with Gasteiger partial charge >= 0.3 is 0 Å². The second-order valence-corrected chi connectivity index (χ2v) is 11.0. The van der Waals surface area contributed by atoms with E-state index in [9.17, 15) is 4.79 Å². The van der Waals surface area contributed by atoms with Crippen molar-refractivity contribution in [2.75, 3.05) is 13.1 Å². The molecule has 3 heteroatoms. The van der Waals surface area contributed by atoms with Gasteiger partial charge in [0, 0.05) is 37.7 Å². The zero-order valence-corrected chi connectivity index (χ0v) is 22.1. The molecule has 36 heavy (non-hydrogen) atoms. The first-order chi connectivity index (χ1) is 17.4. The normalized spacial score (nSPS) is 24.6. The smallest absolute Gasteiger partial charge is 0.160 e. The second-order valence-electron chi connectivity index (χ2n) is 11.0. The van der Waals surface area contributed by atoms with Crippen molar-refractivity contribution in [1.82, 2.24) is 9.80 Å². The van der Waals surface area contributed by atoms with E-state index >= 15 is 0 Å². The Morgan fingerprint density at radius 3 is 2.28 bits per heavy atom. The van der Waals surface area contributed by atoms with Crippen LogP contribution in [0.4, 0.5) is 0 Å². The number of piperazine rings is 1. The molecule has 0 amide bonds. The van der Waals surface area contributed by atoms with E-state index in [1.54, 1.807) is 6.92 Å². The first-order valence-electron chi connectivity index (χ1n) is 13.3. The van der Waals surface area contributed by atoms with E-state index in [-0.39, 0.29) is 13.3 Å². The lowest BCUT2D eigenvalue weighted by molar-refractivity contribution is 0.0613. The summed E-state index contributed by atoms with van der Waals surface area (Å²) in [7, 11) is 0. The van der Waals surface area contributed by atoms with Crippen molar-refractivity contribution in [2.24, 2.45) is 5.92 Å². The summed E-state index contributed by atoms with van der Waals surface area (Å²) in [5.74, 6) is 0.674. The van der Waals surface area contributed by atoms with E-state index in [4.69, 9.17) is 0 Å². The minimum atomic E-state index is 0. The number of allylic oxidation sites excluding steroid dienone is 3. The number of hydrogen-bond donors (Lipinski definition) is 0. The molecule has 3 aliphatic rings. The molecule has 5 rings (SSSR count). The van der Waals surface area contributed by atoms with Gasteiger partial charge in [-0.05, 0) is 62.6 Å². The van der Waals surface area contributed by atoms with Gasteiger partial charge in [0.1, 0.15) is 0 Å². The first kappa shape index (κ1) is 24.6. The Morgan fingerprint density at radius 1 is 1.03 bits per heavy atom. The van der Waals surface area contributed by atoms with Crippen LogP contribution in [0.1, 0.15) is 74.6 Å². The second kappa shape index (κ2) is 10.1. The topological polar surface area (TPSA) is 23.6 Å². The van der Waals surface area contributed by atoms with Crippen molar-refractivity contribution in [2.45, 2.75) is 65.1 Å². The Bertz CT molecular complexity index is 1270. The number of benzene rings is 2. The summed E-state index contributed by atoms with van der Waals surface area (Å²) in [6, 6.07) is 17.8. The molecular formula is C33H40N2O. The van der Waals surface area contributed by atoms with Crippen molar-refractivity contribution in [1.29, 1.82) is 0 Å². The van der Waals surface area contributed by atoms with Crippen LogP contribution in [-0.4, -0.2) is 40.8 Å². The summed E-state index contributed by atoms with van der Waals surface area (Å²) >= 11 is 0. The highest BCUT2D eigenvalue weighted by Crippen LogP contribution is 2.44. The molecule has 2 aliphatic heterocycles. The summed E-state index contributed by atoms with van der Waals surface area (Å²) in [4.78, 5) is 17.9. The molecular weight excluding hydrogens is 440 g/mol. The molecule has 0 aromatic heterocycles. The van der Waals surface area contributed by atoms with Gasteiger partial charge in [0.15, 0.2) is 5.78 Å². The fourth-order valence-corrected chi connectivity index (χ4v) is 6.77. The molecule has 2 fully saturated rings. The predicted octanol–water partition coefficient (Wildman–Crippen LogP) is 7.26. The molecule has 4 atom stereocenters. The molecule has 0 saturated carbocycles. The van der Waals surface area contributed by atoms with Crippen LogP contribution in [0.3, 0.4) is 0 Å². The van der Waals surface area contributed by atoms with Crippen LogP contribution in [0.25, 0.3) is 0 Å². The third-order valence-electron chi connectivity index (χ3n) is 8.22. The number of fused-ring (bicyclic) bond motifs is 2. The van der Waals surface area contributed by atoms with E-state index in [0.717, 1.165) is 36.3 Å².